The number of hydrogen-bond donors (Lipinski definition) is 3. The lowest BCUT2D eigenvalue weighted by molar-refractivity contribution is -0.138. The van der Waals surface area contributed by atoms with Gasteiger partial charge in [-0.05, 0) is 36.6 Å². The van der Waals surface area contributed by atoms with Gasteiger partial charge in [-0.1, -0.05) is 54.6 Å². The normalized spacial score (nSPS) is 12.6. The molecule has 0 fully saturated rings. The number of carbonyl (C=O) groups is 2. The maximum absolute atomic E-state index is 13.9. The number of amides is 2. The highest BCUT2D eigenvalue weighted by Crippen LogP contribution is 2.25. The van der Waals surface area contributed by atoms with E-state index in [2.05, 4.69) is 15.6 Å². The minimum Gasteiger partial charge on any atom is -0.433 e. The smallest absolute Gasteiger partial charge is 0.408 e. The molecule has 0 radical (unpaired) electrons. The van der Waals surface area contributed by atoms with Crippen molar-refractivity contribution < 1.29 is 23.1 Å². The van der Waals surface area contributed by atoms with E-state index in [0.29, 0.717) is 13.0 Å². The number of H-pyrrole nitrogens is 1. The molecular weight excluding hydrogens is 464 g/mol. The molecule has 1 heterocycles. The van der Waals surface area contributed by atoms with Crippen LogP contribution in [0.15, 0.2) is 79.0 Å². The molecule has 1 aromatic heterocycles. The standard InChI is InChI=1S/C28H27F2N3O3/c1-28(16-21-18-32-25-10-6-5-9-23(21)25,26(34)31-14-13-19-7-3-2-4-8-19)36-27(35)33-17-20-11-12-22(29)15-24(20)30/h2-12,15,18,32H,13-14,16-17H2,1H3,(H,31,34)(H,33,35)/t28-/m1/s1. The fourth-order valence-corrected chi connectivity index (χ4v) is 4.03. The van der Waals surface area contributed by atoms with Crippen LogP contribution in [-0.4, -0.2) is 29.1 Å². The van der Waals surface area contributed by atoms with E-state index >= 15 is 0 Å². The zero-order valence-corrected chi connectivity index (χ0v) is 19.8. The van der Waals surface area contributed by atoms with E-state index in [0.717, 1.165) is 34.2 Å². The second-order valence-electron chi connectivity index (χ2n) is 8.74. The Balaban J connectivity index is 1.47. The van der Waals surface area contributed by atoms with Gasteiger partial charge < -0.3 is 20.4 Å². The van der Waals surface area contributed by atoms with Crippen molar-refractivity contribution >= 4 is 22.9 Å². The number of benzene rings is 3. The summed E-state index contributed by atoms with van der Waals surface area (Å²) >= 11 is 0. The summed E-state index contributed by atoms with van der Waals surface area (Å²) in [4.78, 5) is 29.1. The summed E-state index contributed by atoms with van der Waals surface area (Å²) in [7, 11) is 0. The maximum Gasteiger partial charge on any atom is 0.408 e. The molecule has 36 heavy (non-hydrogen) atoms. The van der Waals surface area contributed by atoms with Crippen molar-refractivity contribution in [2.75, 3.05) is 6.54 Å². The van der Waals surface area contributed by atoms with E-state index in [4.69, 9.17) is 4.74 Å². The van der Waals surface area contributed by atoms with Gasteiger partial charge in [0.2, 0.25) is 0 Å². The van der Waals surface area contributed by atoms with Gasteiger partial charge >= 0.3 is 6.09 Å². The largest absolute Gasteiger partial charge is 0.433 e. The Morgan fingerprint density at radius 1 is 0.944 bits per heavy atom. The molecule has 4 aromatic rings. The number of rotatable bonds is 9. The number of aromatic amines is 1. The quantitative estimate of drug-likeness (QED) is 0.307. The zero-order valence-electron chi connectivity index (χ0n) is 19.8. The SMILES string of the molecule is C[C@](Cc1c[nH]c2ccccc12)(OC(=O)NCc1ccc(F)cc1F)C(=O)NCCc1ccccc1. The predicted molar refractivity (Wildman–Crippen MR) is 133 cm³/mol. The number of para-hydroxylation sites is 1. The fraction of sp³-hybridized carbons (Fsp3) is 0.214. The molecule has 8 heteroatoms. The second-order valence-corrected chi connectivity index (χ2v) is 8.74. The van der Waals surface area contributed by atoms with Crippen LogP contribution < -0.4 is 10.6 Å². The highest BCUT2D eigenvalue weighted by molar-refractivity contribution is 5.89. The van der Waals surface area contributed by atoms with Gasteiger partial charge in [0, 0.05) is 48.2 Å². The van der Waals surface area contributed by atoms with Gasteiger partial charge in [-0.15, -0.1) is 0 Å². The summed E-state index contributed by atoms with van der Waals surface area (Å²) < 4.78 is 32.7. The van der Waals surface area contributed by atoms with Gasteiger partial charge in [0.1, 0.15) is 11.6 Å². The third kappa shape index (κ3) is 6.07. The molecule has 1 atom stereocenters. The summed E-state index contributed by atoms with van der Waals surface area (Å²) in [6, 6.07) is 20.4. The highest BCUT2D eigenvalue weighted by atomic mass is 19.1. The third-order valence-electron chi connectivity index (χ3n) is 5.98. The number of hydrogen-bond acceptors (Lipinski definition) is 3. The predicted octanol–water partition coefficient (Wildman–Crippen LogP) is 5.03. The molecule has 6 nitrogen and oxygen atoms in total. The first-order valence-electron chi connectivity index (χ1n) is 11.6. The average Bonchev–Trinajstić information content (AvgIpc) is 3.26. The van der Waals surface area contributed by atoms with E-state index in [1.807, 2.05) is 54.6 Å². The number of halogens is 2. The van der Waals surface area contributed by atoms with Crippen molar-refractivity contribution in [3.8, 4) is 0 Å². The monoisotopic (exact) mass is 491 g/mol. The van der Waals surface area contributed by atoms with E-state index in [1.54, 1.807) is 13.1 Å². The molecule has 4 rings (SSSR count). The van der Waals surface area contributed by atoms with Crippen LogP contribution in [-0.2, 0) is 28.9 Å². The number of carbonyl (C=O) groups excluding carboxylic acids is 2. The maximum atomic E-state index is 13.9. The number of fused-ring (bicyclic) bond motifs is 1. The van der Waals surface area contributed by atoms with E-state index in [1.165, 1.54) is 6.07 Å². The van der Waals surface area contributed by atoms with Gasteiger partial charge in [-0.3, -0.25) is 4.79 Å². The number of alkyl carbamates (subject to hydrolysis) is 1. The lowest BCUT2D eigenvalue weighted by Crippen LogP contribution is -2.51. The number of ether oxygens (including phenoxy) is 1. The molecule has 186 valence electrons. The summed E-state index contributed by atoms with van der Waals surface area (Å²) in [6.07, 6.45) is 1.63. The molecule has 3 N–H and O–H groups in total. The lowest BCUT2D eigenvalue weighted by Gasteiger charge is -2.28. The summed E-state index contributed by atoms with van der Waals surface area (Å²) in [5.74, 6) is -1.94. The Hall–Kier alpha value is -4.20. The zero-order chi connectivity index (χ0) is 25.5. The van der Waals surface area contributed by atoms with Gasteiger partial charge in [-0.2, -0.15) is 0 Å². The van der Waals surface area contributed by atoms with Crippen LogP contribution in [0.5, 0.6) is 0 Å². The van der Waals surface area contributed by atoms with Gasteiger partial charge in [0.05, 0.1) is 0 Å². The summed E-state index contributed by atoms with van der Waals surface area (Å²) in [6.45, 7) is 1.69. The molecule has 3 aromatic carbocycles. The molecule has 0 unspecified atom stereocenters. The highest BCUT2D eigenvalue weighted by Gasteiger charge is 2.38. The molecule has 2 amide bonds. The van der Waals surface area contributed by atoms with Crippen LogP contribution in [0.3, 0.4) is 0 Å². The molecule has 0 aliphatic rings. The van der Waals surface area contributed by atoms with Gasteiger partial charge in [0.25, 0.3) is 5.91 Å². The number of nitrogens with one attached hydrogen (secondary N) is 3. The molecule has 0 spiro atoms. The Bertz CT molecular complexity index is 1360. The van der Waals surface area contributed by atoms with Crippen molar-refractivity contribution in [1.29, 1.82) is 0 Å². The Morgan fingerprint density at radius 3 is 2.47 bits per heavy atom. The van der Waals surface area contributed by atoms with Crippen molar-refractivity contribution in [3.05, 3.63) is 107 Å². The van der Waals surface area contributed by atoms with E-state index < -0.39 is 29.2 Å². The van der Waals surface area contributed by atoms with Crippen LogP contribution in [0.25, 0.3) is 10.9 Å². The first kappa shape index (κ1) is 24.9. The molecule has 0 aliphatic carbocycles. The minimum absolute atomic E-state index is 0.0963. The van der Waals surface area contributed by atoms with E-state index in [9.17, 15) is 18.4 Å². The van der Waals surface area contributed by atoms with Crippen LogP contribution in [0.2, 0.25) is 0 Å². The van der Waals surface area contributed by atoms with Gasteiger partial charge in [-0.25, -0.2) is 13.6 Å². The third-order valence-corrected chi connectivity index (χ3v) is 5.98. The van der Waals surface area contributed by atoms with Crippen molar-refractivity contribution in [3.63, 3.8) is 0 Å². The van der Waals surface area contributed by atoms with Gasteiger partial charge in [0.15, 0.2) is 5.60 Å². The van der Waals surface area contributed by atoms with E-state index in [-0.39, 0.29) is 18.5 Å². The lowest BCUT2D eigenvalue weighted by atomic mass is 9.94. The summed E-state index contributed by atoms with van der Waals surface area (Å²) in [5.41, 5.74) is 1.32. The Morgan fingerprint density at radius 2 is 1.69 bits per heavy atom. The topological polar surface area (TPSA) is 83.2 Å². The first-order chi connectivity index (χ1) is 17.3. The molecule has 0 aliphatic heterocycles. The van der Waals surface area contributed by atoms with Crippen molar-refractivity contribution in [2.24, 2.45) is 0 Å². The Labute approximate surface area is 207 Å². The molecular formula is C28H27F2N3O3. The minimum atomic E-state index is -1.55. The van der Waals surface area contributed by atoms with Crippen LogP contribution in [0.1, 0.15) is 23.6 Å². The first-order valence-corrected chi connectivity index (χ1v) is 11.6. The van der Waals surface area contributed by atoms with Crippen LogP contribution in [0, 0.1) is 11.6 Å². The molecule has 0 saturated heterocycles. The second kappa shape index (κ2) is 11.0. The summed E-state index contributed by atoms with van der Waals surface area (Å²) in [5, 5.41) is 6.24. The van der Waals surface area contributed by atoms with Crippen molar-refractivity contribution in [2.45, 2.75) is 31.9 Å². The van der Waals surface area contributed by atoms with Crippen LogP contribution >= 0.6 is 0 Å². The molecule has 0 bridgehead atoms. The number of aromatic nitrogens is 1. The molecule has 0 saturated carbocycles. The Kier molecular flexibility index (Phi) is 7.63. The fourth-order valence-electron chi connectivity index (χ4n) is 4.03. The van der Waals surface area contributed by atoms with Crippen LogP contribution in [0.4, 0.5) is 13.6 Å². The van der Waals surface area contributed by atoms with Crippen molar-refractivity contribution in [1.82, 2.24) is 15.6 Å². The average molecular weight is 492 g/mol.